The lowest BCUT2D eigenvalue weighted by molar-refractivity contribution is -0.119. The van der Waals surface area contributed by atoms with Crippen LogP contribution in [0.4, 0.5) is 0 Å². The second-order valence-electron chi connectivity index (χ2n) is 4.01. The van der Waals surface area contributed by atoms with Gasteiger partial charge in [0, 0.05) is 12.0 Å². The van der Waals surface area contributed by atoms with Crippen molar-refractivity contribution in [2.45, 2.75) is 31.7 Å². The number of carbonyl (C=O) groups excluding carboxylic acids is 1. The van der Waals surface area contributed by atoms with E-state index in [0.29, 0.717) is 6.42 Å². The zero-order valence-electron chi connectivity index (χ0n) is 7.97. The molecule has 14 heavy (non-hydrogen) atoms. The number of hydrogen-bond acceptors (Lipinski definition) is 2. The molecule has 76 valence electrons. The van der Waals surface area contributed by atoms with Gasteiger partial charge in [0.05, 0.1) is 4.34 Å². The van der Waals surface area contributed by atoms with Crippen molar-refractivity contribution >= 4 is 28.8 Å². The standard InChI is InChI=1S/C10H12ClNOS/c1-10(4-2-8(13)12-10)6-7-3-5-14-9(7)11/h3,5H,2,4,6H2,1H3,(H,12,13). The zero-order valence-corrected chi connectivity index (χ0v) is 9.54. The van der Waals surface area contributed by atoms with E-state index in [0.717, 1.165) is 22.7 Å². The summed E-state index contributed by atoms with van der Waals surface area (Å²) in [6.07, 6.45) is 2.37. The fourth-order valence-electron chi connectivity index (χ4n) is 1.85. The van der Waals surface area contributed by atoms with E-state index in [9.17, 15) is 4.79 Å². The number of thiophene rings is 1. The molecule has 0 radical (unpaired) electrons. The molecule has 1 aliphatic rings. The van der Waals surface area contributed by atoms with E-state index in [1.807, 2.05) is 11.4 Å². The maximum atomic E-state index is 11.1. The van der Waals surface area contributed by atoms with Crippen LogP contribution in [0, 0.1) is 0 Å². The van der Waals surface area contributed by atoms with E-state index in [4.69, 9.17) is 11.6 Å². The minimum Gasteiger partial charge on any atom is -0.351 e. The summed E-state index contributed by atoms with van der Waals surface area (Å²) in [5.74, 6) is 0.152. The van der Waals surface area contributed by atoms with Gasteiger partial charge in [0.25, 0.3) is 0 Å². The summed E-state index contributed by atoms with van der Waals surface area (Å²) in [5, 5.41) is 4.99. The van der Waals surface area contributed by atoms with Crippen molar-refractivity contribution in [3.63, 3.8) is 0 Å². The molecule has 1 saturated heterocycles. The molecule has 0 spiro atoms. The van der Waals surface area contributed by atoms with Crippen LogP contribution in [0.2, 0.25) is 4.34 Å². The van der Waals surface area contributed by atoms with Crippen LogP contribution in [0.15, 0.2) is 11.4 Å². The summed E-state index contributed by atoms with van der Waals surface area (Å²) in [6.45, 7) is 2.08. The van der Waals surface area contributed by atoms with Gasteiger partial charge in [-0.1, -0.05) is 11.6 Å². The summed E-state index contributed by atoms with van der Waals surface area (Å²) < 4.78 is 0.840. The highest BCUT2D eigenvalue weighted by molar-refractivity contribution is 7.14. The Morgan fingerprint density at radius 1 is 1.71 bits per heavy atom. The number of hydrogen-bond donors (Lipinski definition) is 1. The lowest BCUT2D eigenvalue weighted by Gasteiger charge is -2.23. The molecule has 1 N–H and O–H groups in total. The first-order valence-electron chi connectivity index (χ1n) is 4.62. The van der Waals surface area contributed by atoms with Crippen LogP contribution in [0.1, 0.15) is 25.3 Å². The molecule has 0 bridgehead atoms. The van der Waals surface area contributed by atoms with Crippen LogP contribution in [-0.2, 0) is 11.2 Å². The first kappa shape index (κ1) is 9.99. The second kappa shape index (κ2) is 3.55. The predicted octanol–water partition coefficient (Wildman–Crippen LogP) is 2.61. The first-order valence-corrected chi connectivity index (χ1v) is 5.88. The minimum absolute atomic E-state index is 0.0954. The molecule has 0 saturated carbocycles. The van der Waals surface area contributed by atoms with Gasteiger partial charge < -0.3 is 5.32 Å². The van der Waals surface area contributed by atoms with E-state index in [1.165, 1.54) is 11.3 Å². The Labute approximate surface area is 92.3 Å². The Morgan fingerprint density at radius 3 is 3.00 bits per heavy atom. The van der Waals surface area contributed by atoms with Crippen molar-refractivity contribution in [2.75, 3.05) is 0 Å². The molecule has 1 aromatic rings. The van der Waals surface area contributed by atoms with Gasteiger partial charge in [-0.05, 0) is 36.8 Å². The number of nitrogens with one attached hydrogen (secondary N) is 1. The molecule has 1 atom stereocenters. The fourth-order valence-corrected chi connectivity index (χ4v) is 2.78. The molecule has 1 unspecified atom stereocenters. The van der Waals surface area contributed by atoms with Gasteiger partial charge in [-0.15, -0.1) is 11.3 Å². The highest BCUT2D eigenvalue weighted by Gasteiger charge is 2.33. The lowest BCUT2D eigenvalue weighted by Crippen LogP contribution is -2.40. The van der Waals surface area contributed by atoms with E-state index in [2.05, 4.69) is 12.2 Å². The van der Waals surface area contributed by atoms with Crippen molar-refractivity contribution in [1.82, 2.24) is 5.32 Å². The average molecular weight is 230 g/mol. The van der Waals surface area contributed by atoms with Gasteiger partial charge in [0.2, 0.25) is 5.91 Å². The molecule has 2 nitrogen and oxygen atoms in total. The highest BCUT2D eigenvalue weighted by atomic mass is 35.5. The molecule has 2 heterocycles. The first-order chi connectivity index (χ1) is 6.59. The molecule has 1 aliphatic heterocycles. The van der Waals surface area contributed by atoms with E-state index < -0.39 is 0 Å². The molecule has 1 aromatic heterocycles. The van der Waals surface area contributed by atoms with Crippen molar-refractivity contribution in [2.24, 2.45) is 0 Å². The van der Waals surface area contributed by atoms with Gasteiger partial charge in [-0.3, -0.25) is 4.79 Å². The van der Waals surface area contributed by atoms with Gasteiger partial charge in [0.15, 0.2) is 0 Å². The van der Waals surface area contributed by atoms with Gasteiger partial charge in [0.1, 0.15) is 0 Å². The highest BCUT2D eigenvalue weighted by Crippen LogP contribution is 2.30. The normalized spacial score (nSPS) is 26.6. The fraction of sp³-hybridized carbons (Fsp3) is 0.500. The van der Waals surface area contributed by atoms with Gasteiger partial charge in [-0.25, -0.2) is 0 Å². The van der Waals surface area contributed by atoms with E-state index in [1.54, 1.807) is 0 Å². The number of amides is 1. The van der Waals surface area contributed by atoms with Crippen molar-refractivity contribution in [3.8, 4) is 0 Å². The topological polar surface area (TPSA) is 29.1 Å². The van der Waals surface area contributed by atoms with Crippen LogP contribution in [0.5, 0.6) is 0 Å². The van der Waals surface area contributed by atoms with Crippen molar-refractivity contribution < 1.29 is 4.79 Å². The molecule has 2 rings (SSSR count). The summed E-state index contributed by atoms with van der Waals surface area (Å²) >= 11 is 7.56. The maximum absolute atomic E-state index is 11.1. The molecule has 4 heteroatoms. The van der Waals surface area contributed by atoms with Crippen LogP contribution in [0.3, 0.4) is 0 Å². The molecule has 0 aliphatic carbocycles. The summed E-state index contributed by atoms with van der Waals surface area (Å²) in [5.41, 5.74) is 1.04. The number of rotatable bonds is 2. The third-order valence-corrected chi connectivity index (χ3v) is 3.87. The predicted molar refractivity (Wildman–Crippen MR) is 58.8 cm³/mol. The largest absolute Gasteiger partial charge is 0.351 e. The minimum atomic E-state index is -0.0954. The Bertz CT molecular complexity index is 363. The lowest BCUT2D eigenvalue weighted by atomic mass is 9.93. The third-order valence-electron chi connectivity index (χ3n) is 2.62. The van der Waals surface area contributed by atoms with Gasteiger partial charge >= 0.3 is 0 Å². The Hall–Kier alpha value is -0.540. The van der Waals surface area contributed by atoms with Crippen molar-refractivity contribution in [3.05, 3.63) is 21.3 Å². The number of carbonyl (C=O) groups is 1. The number of halogens is 1. The van der Waals surface area contributed by atoms with Crippen LogP contribution < -0.4 is 5.32 Å². The van der Waals surface area contributed by atoms with Crippen LogP contribution in [-0.4, -0.2) is 11.4 Å². The summed E-state index contributed by atoms with van der Waals surface area (Å²) in [7, 11) is 0. The maximum Gasteiger partial charge on any atom is 0.220 e. The molecular formula is C10H12ClNOS. The Kier molecular flexibility index (Phi) is 2.54. The summed E-state index contributed by atoms with van der Waals surface area (Å²) in [4.78, 5) is 11.1. The molecule has 1 fully saturated rings. The molecule has 0 aromatic carbocycles. The monoisotopic (exact) mass is 229 g/mol. The van der Waals surface area contributed by atoms with Crippen LogP contribution >= 0.6 is 22.9 Å². The van der Waals surface area contributed by atoms with Crippen molar-refractivity contribution in [1.29, 1.82) is 0 Å². The summed E-state index contributed by atoms with van der Waals surface area (Å²) in [6, 6.07) is 2.03. The Balaban J connectivity index is 2.11. The SMILES string of the molecule is CC1(Cc2ccsc2Cl)CCC(=O)N1. The quantitative estimate of drug-likeness (QED) is 0.830. The molecule has 1 amide bonds. The smallest absolute Gasteiger partial charge is 0.220 e. The van der Waals surface area contributed by atoms with E-state index in [-0.39, 0.29) is 11.4 Å². The molecular weight excluding hydrogens is 218 g/mol. The zero-order chi connectivity index (χ0) is 10.2. The van der Waals surface area contributed by atoms with Crippen LogP contribution in [0.25, 0.3) is 0 Å². The van der Waals surface area contributed by atoms with Gasteiger partial charge in [-0.2, -0.15) is 0 Å². The average Bonchev–Trinajstić information content (AvgIpc) is 2.62. The third kappa shape index (κ3) is 1.93. The second-order valence-corrected chi connectivity index (χ2v) is 5.52. The van der Waals surface area contributed by atoms with E-state index >= 15 is 0 Å². The Morgan fingerprint density at radius 2 is 2.50 bits per heavy atom.